The van der Waals surface area contributed by atoms with Crippen LogP contribution >= 0.6 is 11.6 Å². The molecule has 0 saturated heterocycles. The molecule has 0 aliphatic heterocycles. The topological polar surface area (TPSA) is 69.2 Å². The van der Waals surface area contributed by atoms with E-state index in [2.05, 4.69) is 15.4 Å². The Bertz CT molecular complexity index is 777. The molecule has 0 heterocycles. The third kappa shape index (κ3) is 5.39. The van der Waals surface area contributed by atoms with E-state index in [1.165, 1.54) is 7.11 Å². The Morgan fingerprint density at radius 3 is 2.72 bits per heavy atom. The van der Waals surface area contributed by atoms with Gasteiger partial charge in [0.25, 0.3) is 0 Å². The quantitative estimate of drug-likeness (QED) is 0.616. The molecule has 0 fully saturated rings. The Morgan fingerprint density at radius 2 is 2.00 bits per heavy atom. The lowest BCUT2D eigenvalue weighted by Crippen LogP contribution is -2.26. The summed E-state index contributed by atoms with van der Waals surface area (Å²) in [6.45, 7) is 4.20. The van der Waals surface area contributed by atoms with E-state index < -0.39 is 6.09 Å². The van der Waals surface area contributed by atoms with Crippen LogP contribution in [0.25, 0.3) is 0 Å². The highest BCUT2D eigenvalue weighted by molar-refractivity contribution is 6.32. The lowest BCUT2D eigenvalue weighted by atomic mass is 10.1. The molecule has 0 aliphatic carbocycles. The van der Waals surface area contributed by atoms with E-state index in [0.717, 1.165) is 16.7 Å². The summed E-state index contributed by atoms with van der Waals surface area (Å²) in [6.07, 6.45) is -0.728. The first-order valence-corrected chi connectivity index (χ1v) is 7.91. The fraction of sp³-hybridized carbons (Fsp3) is 0.222. The first-order chi connectivity index (χ1) is 12.0. The molecule has 1 amide bonds. The maximum absolute atomic E-state index is 11.1. The largest absolute Gasteiger partial charge is 0.451 e. The van der Waals surface area contributed by atoms with Crippen molar-refractivity contribution in [2.75, 3.05) is 7.11 Å². The van der Waals surface area contributed by atoms with Crippen molar-refractivity contribution in [2.45, 2.75) is 20.5 Å². The maximum Gasteiger partial charge on any atom is 0.440 e. The molecular formula is C18H19ClN2O4. The summed E-state index contributed by atoms with van der Waals surface area (Å²) in [6, 6.07) is 13.0. The number of carbonyl (C=O) groups excluding carboxylic acids is 1. The summed E-state index contributed by atoms with van der Waals surface area (Å²) in [7, 11) is 1.24. The van der Waals surface area contributed by atoms with Gasteiger partial charge in [-0.05, 0) is 37.1 Å². The number of benzene rings is 2. The van der Waals surface area contributed by atoms with Gasteiger partial charge in [-0.2, -0.15) is 5.48 Å². The van der Waals surface area contributed by atoms with Gasteiger partial charge in [-0.25, -0.2) is 4.79 Å². The third-order valence-corrected chi connectivity index (χ3v) is 3.77. The van der Waals surface area contributed by atoms with Crippen molar-refractivity contribution in [1.82, 2.24) is 5.48 Å². The number of rotatable bonds is 6. The Kier molecular flexibility index (Phi) is 6.65. The molecule has 2 rings (SSSR count). The van der Waals surface area contributed by atoms with Gasteiger partial charge in [-0.1, -0.05) is 47.1 Å². The van der Waals surface area contributed by atoms with Crippen molar-refractivity contribution in [3.63, 3.8) is 0 Å². The van der Waals surface area contributed by atoms with Crippen LogP contribution in [0.1, 0.15) is 23.6 Å². The van der Waals surface area contributed by atoms with Gasteiger partial charge in [0.05, 0.1) is 17.8 Å². The fourth-order valence-electron chi connectivity index (χ4n) is 1.97. The molecule has 1 N–H and O–H groups in total. The van der Waals surface area contributed by atoms with Crippen molar-refractivity contribution in [3.05, 3.63) is 64.2 Å². The number of oxime groups is 1. The number of nitrogens with one attached hydrogen (secondary N) is 1. The molecule has 6 nitrogen and oxygen atoms in total. The van der Waals surface area contributed by atoms with Crippen LogP contribution < -0.4 is 10.3 Å². The molecule has 0 saturated carbocycles. The molecule has 25 heavy (non-hydrogen) atoms. The SMILES string of the molecule is COC(=O)NOc1cc(C(C)=NOCc2ccccc2C)ccc1Cl. The molecule has 0 unspecified atom stereocenters. The van der Waals surface area contributed by atoms with Crippen molar-refractivity contribution < 1.29 is 19.2 Å². The molecule has 2 aromatic carbocycles. The molecular weight excluding hydrogens is 344 g/mol. The second-order valence-electron chi connectivity index (χ2n) is 5.22. The van der Waals surface area contributed by atoms with Crippen LogP contribution in [-0.4, -0.2) is 18.9 Å². The van der Waals surface area contributed by atoms with Gasteiger partial charge in [-0.3, -0.25) is 0 Å². The molecule has 132 valence electrons. The van der Waals surface area contributed by atoms with Gasteiger partial charge in [-0.15, -0.1) is 0 Å². The Labute approximate surface area is 151 Å². The Morgan fingerprint density at radius 1 is 1.24 bits per heavy atom. The highest BCUT2D eigenvalue weighted by Crippen LogP contribution is 2.25. The number of ether oxygens (including phenoxy) is 1. The Hall–Kier alpha value is -2.73. The monoisotopic (exact) mass is 362 g/mol. The van der Waals surface area contributed by atoms with Crippen LogP contribution in [0.4, 0.5) is 4.79 Å². The van der Waals surface area contributed by atoms with E-state index in [1.807, 2.05) is 31.2 Å². The van der Waals surface area contributed by atoms with Gasteiger partial charge in [0.2, 0.25) is 0 Å². The molecule has 0 aliphatic rings. The fourth-order valence-corrected chi connectivity index (χ4v) is 2.12. The number of carbonyl (C=O) groups is 1. The minimum absolute atomic E-state index is 0.276. The van der Waals surface area contributed by atoms with Crippen LogP contribution in [0.5, 0.6) is 5.75 Å². The number of hydrogen-bond acceptors (Lipinski definition) is 5. The minimum atomic E-state index is -0.728. The maximum atomic E-state index is 11.1. The molecule has 0 spiro atoms. The minimum Gasteiger partial charge on any atom is -0.451 e. The van der Waals surface area contributed by atoms with Gasteiger partial charge in [0.1, 0.15) is 6.61 Å². The Balaban J connectivity index is 2.04. The van der Waals surface area contributed by atoms with E-state index >= 15 is 0 Å². The number of methoxy groups -OCH3 is 1. The van der Waals surface area contributed by atoms with Crippen LogP contribution in [0.3, 0.4) is 0 Å². The van der Waals surface area contributed by atoms with Gasteiger partial charge in [0, 0.05) is 5.56 Å². The zero-order chi connectivity index (χ0) is 18.2. The molecule has 0 aromatic heterocycles. The normalized spacial score (nSPS) is 11.0. The van der Waals surface area contributed by atoms with Crippen LogP contribution in [-0.2, 0) is 16.2 Å². The number of hydrogen-bond donors (Lipinski definition) is 1. The van der Waals surface area contributed by atoms with Crippen molar-refractivity contribution in [2.24, 2.45) is 5.16 Å². The van der Waals surface area contributed by atoms with E-state index in [0.29, 0.717) is 17.3 Å². The first-order valence-electron chi connectivity index (χ1n) is 7.53. The summed E-state index contributed by atoms with van der Waals surface area (Å²) >= 11 is 6.04. The number of nitrogens with zero attached hydrogens (tertiary/aromatic N) is 1. The lowest BCUT2D eigenvalue weighted by molar-refractivity contribution is 0.118. The van der Waals surface area contributed by atoms with E-state index in [-0.39, 0.29) is 5.75 Å². The summed E-state index contributed by atoms with van der Waals surface area (Å²) < 4.78 is 4.43. The molecule has 2 aromatic rings. The summed E-state index contributed by atoms with van der Waals surface area (Å²) in [4.78, 5) is 21.6. The third-order valence-electron chi connectivity index (χ3n) is 3.46. The standard InChI is InChI=1S/C18H19ClN2O4/c1-12-6-4-5-7-15(12)11-24-20-13(2)14-8-9-16(19)17(10-14)25-21-18(22)23-3/h4-10H,11H2,1-3H3,(H,21,22). The number of amides is 1. The average molecular weight is 363 g/mol. The first kappa shape index (κ1) is 18.6. The molecule has 0 bridgehead atoms. The van der Waals surface area contributed by atoms with Gasteiger partial charge < -0.3 is 14.4 Å². The lowest BCUT2D eigenvalue weighted by Gasteiger charge is -2.09. The zero-order valence-electron chi connectivity index (χ0n) is 14.2. The second kappa shape index (κ2) is 8.94. The summed E-state index contributed by atoms with van der Waals surface area (Å²) in [5.41, 5.74) is 5.72. The number of halogens is 1. The predicted molar refractivity (Wildman–Crippen MR) is 95.8 cm³/mol. The molecule has 0 radical (unpaired) electrons. The van der Waals surface area contributed by atoms with E-state index in [4.69, 9.17) is 21.3 Å². The number of aryl methyl sites for hydroxylation is 1. The smallest absolute Gasteiger partial charge is 0.440 e. The number of hydroxylamine groups is 1. The van der Waals surface area contributed by atoms with Crippen LogP contribution in [0, 0.1) is 6.92 Å². The van der Waals surface area contributed by atoms with Gasteiger partial charge >= 0.3 is 6.09 Å². The second-order valence-corrected chi connectivity index (χ2v) is 5.62. The summed E-state index contributed by atoms with van der Waals surface area (Å²) in [5, 5.41) is 4.46. The van der Waals surface area contributed by atoms with Gasteiger partial charge in [0.15, 0.2) is 5.75 Å². The predicted octanol–water partition coefficient (Wildman–Crippen LogP) is 4.24. The molecule has 0 atom stereocenters. The van der Waals surface area contributed by atoms with E-state index in [1.54, 1.807) is 25.1 Å². The molecule has 7 heteroatoms. The zero-order valence-corrected chi connectivity index (χ0v) is 15.0. The van der Waals surface area contributed by atoms with Crippen molar-refractivity contribution in [3.8, 4) is 5.75 Å². The van der Waals surface area contributed by atoms with Crippen molar-refractivity contribution in [1.29, 1.82) is 0 Å². The van der Waals surface area contributed by atoms with E-state index in [9.17, 15) is 4.79 Å². The summed E-state index contributed by atoms with van der Waals surface area (Å²) in [5.74, 6) is 0.276. The van der Waals surface area contributed by atoms with Crippen LogP contribution in [0.15, 0.2) is 47.6 Å². The van der Waals surface area contributed by atoms with Crippen molar-refractivity contribution >= 4 is 23.4 Å². The highest BCUT2D eigenvalue weighted by atomic mass is 35.5. The van der Waals surface area contributed by atoms with Crippen LogP contribution in [0.2, 0.25) is 5.02 Å². The highest BCUT2D eigenvalue weighted by Gasteiger charge is 2.08. The average Bonchev–Trinajstić information content (AvgIpc) is 2.62.